The fourth-order valence-corrected chi connectivity index (χ4v) is 4.76. The minimum Gasteiger partial charge on any atom is -0.378 e. The molecular weight excluding hydrogens is 360 g/mol. The van der Waals surface area contributed by atoms with E-state index in [1.54, 1.807) is 0 Å². The molecule has 5 nitrogen and oxygen atoms in total. The Bertz CT molecular complexity index is 843. The van der Waals surface area contributed by atoms with Crippen molar-refractivity contribution in [3.8, 4) is 0 Å². The van der Waals surface area contributed by atoms with E-state index < -0.39 is 0 Å². The number of carbonyl (C=O) groups is 1. The van der Waals surface area contributed by atoms with Gasteiger partial charge in [0.1, 0.15) is 0 Å². The van der Waals surface area contributed by atoms with E-state index in [-0.39, 0.29) is 11.6 Å². The number of rotatable bonds is 4. The molecule has 2 saturated heterocycles. The fraction of sp³-hybridized carbons (Fsp3) is 0.458. The number of hydrogen-bond donors (Lipinski definition) is 1. The van der Waals surface area contributed by atoms with Gasteiger partial charge in [-0.25, -0.2) is 0 Å². The number of hydrogen-bond acceptors (Lipinski definition) is 4. The summed E-state index contributed by atoms with van der Waals surface area (Å²) >= 11 is 0. The minimum atomic E-state index is 0.0156. The van der Waals surface area contributed by atoms with Crippen molar-refractivity contribution in [2.75, 3.05) is 45.7 Å². The molecule has 2 aromatic rings. The van der Waals surface area contributed by atoms with Crippen LogP contribution in [0.5, 0.6) is 0 Å². The number of nitrogens with zero attached hydrogens (tertiary/aromatic N) is 3. The Balaban J connectivity index is 1.38. The van der Waals surface area contributed by atoms with E-state index in [2.05, 4.69) is 47.6 Å². The molecule has 1 amide bonds. The molecule has 2 fully saturated rings. The molecule has 2 aromatic carbocycles. The molecule has 154 valence electrons. The van der Waals surface area contributed by atoms with Gasteiger partial charge in [-0.15, -0.1) is 0 Å². The zero-order chi connectivity index (χ0) is 20.4. The molecule has 1 N–H and O–H groups in total. The van der Waals surface area contributed by atoms with Crippen LogP contribution >= 0.6 is 0 Å². The third kappa shape index (κ3) is 4.16. The number of nitrogens with one attached hydrogen (secondary N) is 1. The Morgan fingerprint density at radius 3 is 2.52 bits per heavy atom. The Morgan fingerprint density at radius 2 is 1.83 bits per heavy atom. The van der Waals surface area contributed by atoms with Crippen LogP contribution in [0.4, 0.5) is 5.69 Å². The highest BCUT2D eigenvalue weighted by molar-refractivity contribution is 5.95. The standard InChI is InChI=1S/C24H32N4O/c1-26(2)22-11-7-10-20(17-22)23(29)28-14-12-24(13-15-28)25-21(18-27(24)3)16-19-8-5-4-6-9-19/h4-11,17,21,25H,12-16,18H2,1-3H3. The zero-order valence-electron chi connectivity index (χ0n) is 17.8. The van der Waals surface area contributed by atoms with Gasteiger partial charge in [0.2, 0.25) is 0 Å². The summed E-state index contributed by atoms with van der Waals surface area (Å²) in [6.45, 7) is 2.63. The first-order chi connectivity index (χ1) is 14.0. The van der Waals surface area contributed by atoms with Crippen molar-refractivity contribution in [2.24, 2.45) is 0 Å². The van der Waals surface area contributed by atoms with E-state index in [4.69, 9.17) is 0 Å². The molecule has 0 saturated carbocycles. The van der Waals surface area contributed by atoms with Crippen molar-refractivity contribution in [2.45, 2.75) is 31.0 Å². The summed E-state index contributed by atoms with van der Waals surface area (Å²) in [4.78, 5) is 19.6. The third-order valence-electron chi connectivity index (χ3n) is 6.51. The second-order valence-corrected chi connectivity index (χ2v) is 8.68. The lowest BCUT2D eigenvalue weighted by atomic mass is 9.95. The monoisotopic (exact) mass is 392 g/mol. The van der Waals surface area contributed by atoms with Crippen LogP contribution in [0.3, 0.4) is 0 Å². The molecule has 29 heavy (non-hydrogen) atoms. The van der Waals surface area contributed by atoms with Gasteiger partial charge in [0.25, 0.3) is 5.91 Å². The van der Waals surface area contributed by atoms with Crippen molar-refractivity contribution < 1.29 is 4.79 Å². The first-order valence-electron chi connectivity index (χ1n) is 10.6. The van der Waals surface area contributed by atoms with E-state index in [1.807, 2.05) is 48.2 Å². The molecule has 2 aliphatic rings. The predicted molar refractivity (Wildman–Crippen MR) is 118 cm³/mol. The predicted octanol–water partition coefficient (Wildman–Crippen LogP) is 2.83. The number of benzene rings is 2. The maximum absolute atomic E-state index is 13.0. The molecule has 1 unspecified atom stereocenters. The summed E-state index contributed by atoms with van der Waals surface area (Å²) in [5, 5.41) is 3.91. The Kier molecular flexibility index (Phi) is 5.61. The van der Waals surface area contributed by atoms with Gasteiger partial charge in [0, 0.05) is 51.0 Å². The summed E-state index contributed by atoms with van der Waals surface area (Å²) in [6.07, 6.45) is 2.98. The Labute approximate surface area is 174 Å². The summed E-state index contributed by atoms with van der Waals surface area (Å²) < 4.78 is 0. The average Bonchev–Trinajstić information content (AvgIpc) is 3.03. The van der Waals surface area contributed by atoms with Crippen LogP contribution in [-0.4, -0.2) is 68.2 Å². The third-order valence-corrected chi connectivity index (χ3v) is 6.51. The van der Waals surface area contributed by atoms with Crippen molar-refractivity contribution in [3.63, 3.8) is 0 Å². The van der Waals surface area contributed by atoms with Gasteiger partial charge >= 0.3 is 0 Å². The highest BCUT2D eigenvalue weighted by atomic mass is 16.2. The van der Waals surface area contributed by atoms with Gasteiger partial charge in [-0.1, -0.05) is 36.4 Å². The number of carbonyl (C=O) groups excluding carboxylic acids is 1. The molecule has 2 heterocycles. The number of likely N-dealkylation sites (tertiary alicyclic amines) is 1. The van der Waals surface area contributed by atoms with Crippen LogP contribution < -0.4 is 10.2 Å². The summed E-state index contributed by atoms with van der Waals surface area (Å²) in [5.74, 6) is 0.144. The Hall–Kier alpha value is -2.37. The van der Waals surface area contributed by atoms with E-state index in [0.29, 0.717) is 6.04 Å². The van der Waals surface area contributed by atoms with Gasteiger partial charge in [-0.2, -0.15) is 0 Å². The summed E-state index contributed by atoms with van der Waals surface area (Å²) in [5.41, 5.74) is 3.23. The van der Waals surface area contributed by atoms with Crippen LogP contribution in [0, 0.1) is 0 Å². The molecule has 0 bridgehead atoms. The van der Waals surface area contributed by atoms with Crippen LogP contribution in [-0.2, 0) is 6.42 Å². The molecule has 1 spiro atoms. The lowest BCUT2D eigenvalue weighted by molar-refractivity contribution is 0.0417. The SMILES string of the molecule is CN(C)c1cccc(C(=O)N2CCC3(CC2)NC(Cc2ccccc2)CN3C)c1. The first kappa shape index (κ1) is 19.9. The fourth-order valence-electron chi connectivity index (χ4n) is 4.76. The van der Waals surface area contributed by atoms with Crippen molar-refractivity contribution >= 4 is 11.6 Å². The smallest absolute Gasteiger partial charge is 0.253 e. The number of anilines is 1. The molecule has 5 heteroatoms. The van der Waals surface area contributed by atoms with Gasteiger partial charge in [0.15, 0.2) is 0 Å². The van der Waals surface area contributed by atoms with Crippen LogP contribution in [0.25, 0.3) is 0 Å². The molecule has 2 aliphatic heterocycles. The van der Waals surface area contributed by atoms with E-state index in [0.717, 1.165) is 50.1 Å². The van der Waals surface area contributed by atoms with Crippen molar-refractivity contribution in [1.29, 1.82) is 0 Å². The number of piperidine rings is 1. The second-order valence-electron chi connectivity index (χ2n) is 8.68. The number of amides is 1. The van der Waals surface area contributed by atoms with Crippen molar-refractivity contribution in [1.82, 2.24) is 15.1 Å². The largest absolute Gasteiger partial charge is 0.378 e. The summed E-state index contributed by atoms with van der Waals surface area (Å²) in [6, 6.07) is 19.1. The number of likely N-dealkylation sites (N-methyl/N-ethyl adjacent to an activating group) is 1. The second kappa shape index (κ2) is 8.17. The van der Waals surface area contributed by atoms with E-state index in [9.17, 15) is 4.79 Å². The Morgan fingerprint density at radius 1 is 1.10 bits per heavy atom. The molecule has 4 rings (SSSR count). The van der Waals surface area contributed by atoms with Gasteiger partial charge in [-0.05, 0) is 50.1 Å². The van der Waals surface area contributed by atoms with Crippen LogP contribution in [0.15, 0.2) is 54.6 Å². The quantitative estimate of drug-likeness (QED) is 0.869. The first-order valence-corrected chi connectivity index (χ1v) is 10.6. The van der Waals surface area contributed by atoms with Gasteiger partial charge < -0.3 is 9.80 Å². The maximum atomic E-state index is 13.0. The highest BCUT2D eigenvalue weighted by Gasteiger charge is 2.45. The minimum absolute atomic E-state index is 0.0156. The average molecular weight is 393 g/mol. The zero-order valence-corrected chi connectivity index (χ0v) is 17.8. The maximum Gasteiger partial charge on any atom is 0.253 e. The molecule has 0 aromatic heterocycles. The highest BCUT2D eigenvalue weighted by Crippen LogP contribution is 2.32. The summed E-state index contributed by atoms with van der Waals surface area (Å²) in [7, 11) is 6.22. The van der Waals surface area contributed by atoms with Crippen LogP contribution in [0.2, 0.25) is 0 Å². The van der Waals surface area contributed by atoms with Gasteiger partial charge in [-0.3, -0.25) is 15.0 Å². The lowest BCUT2D eigenvalue weighted by Gasteiger charge is -2.43. The normalized spacial score (nSPS) is 21.5. The topological polar surface area (TPSA) is 38.8 Å². The lowest BCUT2D eigenvalue weighted by Crippen LogP contribution is -2.58. The molecular formula is C24H32N4O. The molecule has 0 aliphatic carbocycles. The van der Waals surface area contributed by atoms with Crippen molar-refractivity contribution in [3.05, 3.63) is 65.7 Å². The van der Waals surface area contributed by atoms with E-state index in [1.165, 1.54) is 5.56 Å². The van der Waals surface area contributed by atoms with Crippen LogP contribution in [0.1, 0.15) is 28.8 Å². The molecule has 0 radical (unpaired) electrons. The molecule has 1 atom stereocenters. The van der Waals surface area contributed by atoms with Gasteiger partial charge in [0.05, 0.1) is 5.66 Å². The van der Waals surface area contributed by atoms with E-state index >= 15 is 0 Å².